The molecule has 1 aromatic rings. The molecule has 0 heterocycles. The minimum Gasteiger partial charge on any atom is -0.398 e. The van der Waals surface area contributed by atoms with Gasteiger partial charge >= 0.3 is 0 Å². The predicted molar refractivity (Wildman–Crippen MR) is 58.7 cm³/mol. The first-order valence-corrected chi connectivity index (χ1v) is 4.46. The van der Waals surface area contributed by atoms with Gasteiger partial charge in [-0.2, -0.15) is 5.26 Å². The van der Waals surface area contributed by atoms with Crippen molar-refractivity contribution in [3.8, 4) is 6.07 Å². The molecule has 3 heteroatoms. The van der Waals surface area contributed by atoms with E-state index in [0.717, 1.165) is 5.56 Å². The lowest BCUT2D eigenvalue weighted by Crippen LogP contribution is -2.16. The Morgan fingerprint density at radius 2 is 1.57 bits per heavy atom. The maximum Gasteiger partial charge on any atom is 0.0993 e. The maximum absolute atomic E-state index is 8.72. The number of benzene rings is 1. The van der Waals surface area contributed by atoms with Gasteiger partial charge in [-0.05, 0) is 17.5 Å². The van der Waals surface area contributed by atoms with Crippen LogP contribution in [0.4, 0.5) is 11.4 Å². The van der Waals surface area contributed by atoms with Crippen LogP contribution in [0.5, 0.6) is 0 Å². The zero-order valence-electron chi connectivity index (χ0n) is 8.76. The summed E-state index contributed by atoms with van der Waals surface area (Å²) < 4.78 is 0. The Labute approximate surface area is 84.3 Å². The summed E-state index contributed by atoms with van der Waals surface area (Å²) in [5, 5.41) is 8.72. The lowest BCUT2D eigenvalue weighted by atomic mass is 9.84. The second kappa shape index (κ2) is 3.22. The van der Waals surface area contributed by atoms with Crippen molar-refractivity contribution in [2.24, 2.45) is 0 Å². The number of nitriles is 1. The fourth-order valence-corrected chi connectivity index (χ4v) is 1.62. The summed E-state index contributed by atoms with van der Waals surface area (Å²) >= 11 is 0. The molecule has 0 saturated carbocycles. The molecule has 0 amide bonds. The fourth-order valence-electron chi connectivity index (χ4n) is 1.62. The van der Waals surface area contributed by atoms with Gasteiger partial charge in [-0.25, -0.2) is 0 Å². The third-order valence-electron chi connectivity index (χ3n) is 2.08. The summed E-state index contributed by atoms with van der Waals surface area (Å²) in [4.78, 5) is 0. The highest BCUT2D eigenvalue weighted by Gasteiger charge is 2.20. The highest BCUT2D eigenvalue weighted by Crippen LogP contribution is 2.33. The van der Waals surface area contributed by atoms with E-state index < -0.39 is 0 Å². The van der Waals surface area contributed by atoms with Crippen molar-refractivity contribution in [3.05, 3.63) is 23.3 Å². The monoisotopic (exact) mass is 189 g/mol. The molecule has 0 saturated heterocycles. The topological polar surface area (TPSA) is 75.8 Å². The Kier molecular flexibility index (Phi) is 2.39. The van der Waals surface area contributed by atoms with Crippen molar-refractivity contribution >= 4 is 11.4 Å². The molecule has 0 atom stereocenters. The van der Waals surface area contributed by atoms with E-state index in [0.29, 0.717) is 16.9 Å². The average Bonchev–Trinajstić information content (AvgIpc) is 1.99. The largest absolute Gasteiger partial charge is 0.398 e. The van der Waals surface area contributed by atoms with Crippen LogP contribution in [0.2, 0.25) is 0 Å². The quantitative estimate of drug-likeness (QED) is 0.613. The number of rotatable bonds is 0. The van der Waals surface area contributed by atoms with Gasteiger partial charge < -0.3 is 11.5 Å². The first-order valence-electron chi connectivity index (χ1n) is 4.46. The van der Waals surface area contributed by atoms with Crippen LogP contribution in [0, 0.1) is 11.3 Å². The SMILES string of the molecule is CC(C)(C)c1c(N)cc(C#N)cc1N. The summed E-state index contributed by atoms with van der Waals surface area (Å²) in [7, 11) is 0. The molecule has 0 bridgehead atoms. The van der Waals surface area contributed by atoms with Crippen LogP contribution in [-0.2, 0) is 5.41 Å². The van der Waals surface area contributed by atoms with Gasteiger partial charge in [0.05, 0.1) is 11.6 Å². The maximum atomic E-state index is 8.72. The lowest BCUT2D eigenvalue weighted by molar-refractivity contribution is 0.595. The van der Waals surface area contributed by atoms with Gasteiger partial charge in [-0.3, -0.25) is 0 Å². The van der Waals surface area contributed by atoms with E-state index in [1.54, 1.807) is 12.1 Å². The Morgan fingerprint density at radius 1 is 1.14 bits per heavy atom. The van der Waals surface area contributed by atoms with Crippen LogP contribution in [-0.4, -0.2) is 0 Å². The molecule has 3 nitrogen and oxygen atoms in total. The number of anilines is 2. The molecule has 0 unspecified atom stereocenters. The number of hydrogen-bond donors (Lipinski definition) is 2. The molecule has 0 aliphatic carbocycles. The van der Waals surface area contributed by atoms with Gasteiger partial charge in [0.1, 0.15) is 0 Å². The smallest absolute Gasteiger partial charge is 0.0993 e. The van der Waals surface area contributed by atoms with E-state index in [9.17, 15) is 0 Å². The van der Waals surface area contributed by atoms with Crippen LogP contribution in [0.25, 0.3) is 0 Å². The van der Waals surface area contributed by atoms with E-state index in [1.807, 2.05) is 26.8 Å². The second-order valence-corrected chi connectivity index (χ2v) is 4.39. The summed E-state index contributed by atoms with van der Waals surface area (Å²) in [6.45, 7) is 6.13. The van der Waals surface area contributed by atoms with Crippen LogP contribution >= 0.6 is 0 Å². The minimum absolute atomic E-state index is 0.0951. The van der Waals surface area contributed by atoms with E-state index in [-0.39, 0.29) is 5.41 Å². The summed E-state index contributed by atoms with van der Waals surface area (Å²) in [6.07, 6.45) is 0. The van der Waals surface area contributed by atoms with E-state index in [2.05, 4.69) is 0 Å². The molecule has 74 valence electrons. The molecule has 0 spiro atoms. The van der Waals surface area contributed by atoms with Crippen molar-refractivity contribution < 1.29 is 0 Å². The number of hydrogen-bond acceptors (Lipinski definition) is 3. The zero-order chi connectivity index (χ0) is 10.9. The van der Waals surface area contributed by atoms with Crippen molar-refractivity contribution in [3.63, 3.8) is 0 Å². The van der Waals surface area contributed by atoms with Gasteiger partial charge in [0, 0.05) is 16.9 Å². The summed E-state index contributed by atoms with van der Waals surface area (Å²) in [5.74, 6) is 0. The van der Waals surface area contributed by atoms with Crippen molar-refractivity contribution in [2.75, 3.05) is 11.5 Å². The standard InChI is InChI=1S/C11H15N3/c1-11(2,3)10-8(13)4-7(6-12)5-9(10)14/h4-5H,13-14H2,1-3H3. The zero-order valence-corrected chi connectivity index (χ0v) is 8.76. The predicted octanol–water partition coefficient (Wildman–Crippen LogP) is 2.02. The van der Waals surface area contributed by atoms with Crippen LogP contribution in [0.1, 0.15) is 31.9 Å². The second-order valence-electron chi connectivity index (χ2n) is 4.39. The molecule has 0 fully saturated rings. The molecule has 0 aromatic heterocycles. The van der Waals surface area contributed by atoms with E-state index in [1.165, 1.54) is 0 Å². The van der Waals surface area contributed by atoms with Gasteiger partial charge in [0.15, 0.2) is 0 Å². The van der Waals surface area contributed by atoms with Gasteiger partial charge in [-0.1, -0.05) is 20.8 Å². The van der Waals surface area contributed by atoms with E-state index in [4.69, 9.17) is 16.7 Å². The van der Waals surface area contributed by atoms with Crippen molar-refractivity contribution in [2.45, 2.75) is 26.2 Å². The molecule has 1 aromatic carbocycles. The highest BCUT2D eigenvalue weighted by molar-refractivity contribution is 5.67. The van der Waals surface area contributed by atoms with Crippen LogP contribution < -0.4 is 11.5 Å². The fraction of sp³-hybridized carbons (Fsp3) is 0.364. The Morgan fingerprint density at radius 3 is 1.86 bits per heavy atom. The average molecular weight is 189 g/mol. The van der Waals surface area contributed by atoms with Crippen LogP contribution in [0.15, 0.2) is 12.1 Å². The molecule has 14 heavy (non-hydrogen) atoms. The molecule has 0 aliphatic rings. The Balaban J connectivity index is 3.42. The molecule has 0 radical (unpaired) electrons. The third kappa shape index (κ3) is 1.80. The molecular formula is C11H15N3. The van der Waals surface area contributed by atoms with Gasteiger partial charge in [0.25, 0.3) is 0 Å². The highest BCUT2D eigenvalue weighted by atomic mass is 14.6. The van der Waals surface area contributed by atoms with Crippen LogP contribution in [0.3, 0.4) is 0 Å². The van der Waals surface area contributed by atoms with Crippen molar-refractivity contribution in [1.82, 2.24) is 0 Å². The molecule has 0 aliphatic heterocycles. The Hall–Kier alpha value is -1.69. The molecule has 4 N–H and O–H groups in total. The number of nitrogen functional groups attached to an aromatic ring is 2. The van der Waals surface area contributed by atoms with Gasteiger partial charge in [-0.15, -0.1) is 0 Å². The first-order chi connectivity index (χ1) is 6.36. The third-order valence-corrected chi connectivity index (χ3v) is 2.08. The Bertz CT molecular complexity index is 371. The summed E-state index contributed by atoms with van der Waals surface area (Å²) in [6, 6.07) is 5.35. The van der Waals surface area contributed by atoms with Crippen molar-refractivity contribution in [1.29, 1.82) is 5.26 Å². The lowest BCUT2D eigenvalue weighted by Gasteiger charge is -2.23. The normalized spacial score (nSPS) is 11.0. The summed E-state index contributed by atoms with van der Waals surface area (Å²) in [5.41, 5.74) is 14.2. The molecular weight excluding hydrogens is 174 g/mol. The van der Waals surface area contributed by atoms with E-state index >= 15 is 0 Å². The first kappa shape index (κ1) is 10.4. The minimum atomic E-state index is -0.0951. The number of nitrogens with two attached hydrogens (primary N) is 2. The number of nitrogens with zero attached hydrogens (tertiary/aromatic N) is 1. The van der Waals surface area contributed by atoms with Gasteiger partial charge in [0.2, 0.25) is 0 Å². The molecule has 1 rings (SSSR count).